The lowest BCUT2D eigenvalue weighted by atomic mass is 10.1. The summed E-state index contributed by atoms with van der Waals surface area (Å²) in [6, 6.07) is 0.221. The first-order chi connectivity index (χ1) is 8.91. The zero-order chi connectivity index (χ0) is 14.7. The molecule has 5 N–H and O–H groups in total. The number of hydrogen-bond acceptors (Lipinski definition) is 7. The predicted molar refractivity (Wildman–Crippen MR) is 70.1 cm³/mol. The third-order valence-corrected chi connectivity index (χ3v) is 4.42. The Labute approximate surface area is 114 Å². The summed E-state index contributed by atoms with van der Waals surface area (Å²) in [6.45, 7) is -0.0684. The van der Waals surface area contributed by atoms with Crippen LogP contribution in [0.3, 0.4) is 0 Å². The van der Waals surface area contributed by atoms with Crippen LogP contribution in [0.4, 0.5) is 0 Å². The van der Waals surface area contributed by atoms with E-state index in [1.165, 1.54) is 7.11 Å². The zero-order valence-electron chi connectivity index (χ0n) is 11.4. The molecule has 8 heteroatoms. The monoisotopic (exact) mass is 298 g/mol. The van der Waals surface area contributed by atoms with Crippen LogP contribution in [0.5, 0.6) is 0 Å². The molecule has 0 radical (unpaired) electrons. The van der Waals surface area contributed by atoms with E-state index in [9.17, 15) is 19.8 Å². The standard InChI is InChI=1S/C11H26O7Si/c1-17-19(15,16)9-3-2-4-10(13)5-6-11(14)18-8-7-12/h10-16H,2-9H2,1H3. The molecule has 0 saturated heterocycles. The van der Waals surface area contributed by atoms with Gasteiger partial charge in [0.25, 0.3) is 0 Å². The molecular formula is C11H26O7Si. The topological polar surface area (TPSA) is 120 Å². The van der Waals surface area contributed by atoms with Gasteiger partial charge in [0, 0.05) is 19.6 Å². The minimum absolute atomic E-state index is 0.0774. The lowest BCUT2D eigenvalue weighted by Crippen LogP contribution is -2.37. The van der Waals surface area contributed by atoms with Gasteiger partial charge < -0.3 is 34.1 Å². The Hall–Kier alpha value is -0.0631. The fraction of sp³-hybridized carbons (Fsp3) is 1.00. The van der Waals surface area contributed by atoms with E-state index in [1.807, 2.05) is 0 Å². The Morgan fingerprint density at radius 3 is 2.32 bits per heavy atom. The normalized spacial score (nSPS) is 15.5. The molecule has 0 aromatic heterocycles. The third kappa shape index (κ3) is 11.5. The molecule has 0 saturated carbocycles. The second-order valence-corrected chi connectivity index (χ2v) is 6.87. The van der Waals surface area contributed by atoms with Crippen LogP contribution in [0.1, 0.15) is 32.1 Å². The zero-order valence-corrected chi connectivity index (χ0v) is 12.4. The van der Waals surface area contributed by atoms with Crippen LogP contribution in [-0.4, -0.2) is 66.4 Å². The van der Waals surface area contributed by atoms with Crippen molar-refractivity contribution >= 4 is 8.80 Å². The van der Waals surface area contributed by atoms with Crippen molar-refractivity contribution < 1.29 is 34.1 Å². The SMILES string of the molecule is CO[Si](O)(O)CCCCC(O)CCC(O)OCCO. The van der Waals surface area contributed by atoms with Crippen molar-refractivity contribution in [3.8, 4) is 0 Å². The number of aliphatic hydroxyl groups is 3. The van der Waals surface area contributed by atoms with E-state index in [0.29, 0.717) is 32.1 Å². The number of hydrogen-bond donors (Lipinski definition) is 5. The summed E-state index contributed by atoms with van der Waals surface area (Å²) < 4.78 is 9.42. The highest BCUT2D eigenvalue weighted by Crippen LogP contribution is 2.14. The number of aliphatic hydroxyl groups excluding tert-OH is 3. The van der Waals surface area contributed by atoms with Crippen molar-refractivity contribution in [2.75, 3.05) is 20.3 Å². The number of ether oxygens (including phenoxy) is 1. The van der Waals surface area contributed by atoms with E-state index in [1.54, 1.807) is 0 Å². The Kier molecular flexibility index (Phi) is 10.7. The van der Waals surface area contributed by atoms with E-state index >= 15 is 0 Å². The van der Waals surface area contributed by atoms with Crippen molar-refractivity contribution in [2.24, 2.45) is 0 Å². The van der Waals surface area contributed by atoms with Crippen LogP contribution in [0.15, 0.2) is 0 Å². The highest BCUT2D eigenvalue weighted by Gasteiger charge is 2.29. The molecule has 0 aromatic rings. The van der Waals surface area contributed by atoms with Crippen molar-refractivity contribution in [1.82, 2.24) is 0 Å². The molecule has 0 heterocycles. The molecular weight excluding hydrogens is 272 g/mol. The summed E-state index contributed by atoms with van der Waals surface area (Å²) in [5, 5.41) is 27.5. The van der Waals surface area contributed by atoms with E-state index < -0.39 is 21.2 Å². The van der Waals surface area contributed by atoms with Crippen LogP contribution in [0.2, 0.25) is 6.04 Å². The predicted octanol–water partition coefficient (Wildman–Crippen LogP) is -0.805. The van der Waals surface area contributed by atoms with Gasteiger partial charge in [-0.05, 0) is 19.3 Å². The van der Waals surface area contributed by atoms with Gasteiger partial charge in [0.1, 0.15) is 0 Å². The Bertz CT molecular complexity index is 215. The van der Waals surface area contributed by atoms with Gasteiger partial charge in [-0.25, -0.2) is 0 Å². The molecule has 19 heavy (non-hydrogen) atoms. The number of unbranched alkanes of at least 4 members (excludes halogenated alkanes) is 1. The Morgan fingerprint density at radius 1 is 1.05 bits per heavy atom. The van der Waals surface area contributed by atoms with Gasteiger partial charge in [-0.1, -0.05) is 6.42 Å². The first-order valence-electron chi connectivity index (χ1n) is 6.49. The molecule has 0 spiro atoms. The Morgan fingerprint density at radius 2 is 1.74 bits per heavy atom. The van der Waals surface area contributed by atoms with Gasteiger partial charge >= 0.3 is 8.80 Å². The molecule has 0 aliphatic rings. The van der Waals surface area contributed by atoms with E-state index in [4.69, 9.17) is 9.84 Å². The van der Waals surface area contributed by atoms with Crippen molar-refractivity contribution in [3.63, 3.8) is 0 Å². The fourth-order valence-electron chi connectivity index (χ4n) is 1.59. The van der Waals surface area contributed by atoms with Gasteiger partial charge in [0.2, 0.25) is 0 Å². The maximum Gasteiger partial charge on any atom is 0.495 e. The molecule has 116 valence electrons. The second kappa shape index (κ2) is 10.7. The lowest BCUT2D eigenvalue weighted by Gasteiger charge is -2.16. The van der Waals surface area contributed by atoms with E-state index in [0.717, 1.165) is 0 Å². The average Bonchev–Trinajstić information content (AvgIpc) is 2.39. The first-order valence-corrected chi connectivity index (χ1v) is 8.50. The van der Waals surface area contributed by atoms with E-state index in [2.05, 4.69) is 4.43 Å². The minimum Gasteiger partial charge on any atom is -0.394 e. The molecule has 0 aliphatic heterocycles. The summed E-state index contributed by atoms with van der Waals surface area (Å²) >= 11 is 0. The molecule has 7 nitrogen and oxygen atoms in total. The van der Waals surface area contributed by atoms with Crippen molar-refractivity contribution in [3.05, 3.63) is 0 Å². The van der Waals surface area contributed by atoms with Gasteiger partial charge in [-0.3, -0.25) is 0 Å². The smallest absolute Gasteiger partial charge is 0.394 e. The van der Waals surface area contributed by atoms with E-state index in [-0.39, 0.29) is 19.3 Å². The highest BCUT2D eigenvalue weighted by molar-refractivity contribution is 6.57. The molecule has 2 unspecified atom stereocenters. The summed E-state index contributed by atoms with van der Waals surface area (Å²) in [5.41, 5.74) is 0. The molecule has 0 amide bonds. The second-order valence-electron chi connectivity index (χ2n) is 4.47. The van der Waals surface area contributed by atoms with Gasteiger partial charge in [0.15, 0.2) is 6.29 Å². The number of rotatable bonds is 12. The molecule has 0 fully saturated rings. The largest absolute Gasteiger partial charge is 0.495 e. The van der Waals surface area contributed by atoms with Crippen LogP contribution < -0.4 is 0 Å². The fourth-order valence-corrected chi connectivity index (χ4v) is 2.50. The molecule has 2 atom stereocenters. The molecule has 0 bridgehead atoms. The highest BCUT2D eigenvalue weighted by atomic mass is 28.4. The first kappa shape index (κ1) is 18.9. The quantitative estimate of drug-likeness (QED) is 0.182. The van der Waals surface area contributed by atoms with Crippen LogP contribution in [0, 0.1) is 0 Å². The molecule has 0 rings (SSSR count). The third-order valence-electron chi connectivity index (χ3n) is 2.77. The molecule has 0 aromatic carbocycles. The summed E-state index contributed by atoms with van der Waals surface area (Å²) in [6.07, 6.45) is 0.951. The summed E-state index contributed by atoms with van der Waals surface area (Å²) in [5.74, 6) is 0. The Balaban J connectivity index is 3.51. The summed E-state index contributed by atoms with van der Waals surface area (Å²) in [4.78, 5) is 18.6. The van der Waals surface area contributed by atoms with Gasteiger partial charge in [-0.15, -0.1) is 0 Å². The maximum absolute atomic E-state index is 9.65. The van der Waals surface area contributed by atoms with Crippen molar-refractivity contribution in [1.29, 1.82) is 0 Å². The van der Waals surface area contributed by atoms with Gasteiger partial charge in [0.05, 0.1) is 19.3 Å². The van der Waals surface area contributed by atoms with Crippen LogP contribution >= 0.6 is 0 Å². The van der Waals surface area contributed by atoms with Gasteiger partial charge in [-0.2, -0.15) is 0 Å². The van der Waals surface area contributed by atoms with Crippen LogP contribution in [0.25, 0.3) is 0 Å². The summed E-state index contributed by atoms with van der Waals surface area (Å²) in [7, 11) is -2.19. The minimum atomic E-state index is -3.47. The van der Waals surface area contributed by atoms with Crippen LogP contribution in [-0.2, 0) is 9.16 Å². The average molecular weight is 298 g/mol. The lowest BCUT2D eigenvalue weighted by molar-refractivity contribution is -0.115. The van der Waals surface area contributed by atoms with Crippen molar-refractivity contribution in [2.45, 2.75) is 50.5 Å². The maximum atomic E-state index is 9.65. The molecule has 0 aliphatic carbocycles.